The maximum absolute atomic E-state index is 11.3. The van der Waals surface area contributed by atoms with Crippen LogP contribution in [0.2, 0.25) is 0 Å². The zero-order valence-corrected chi connectivity index (χ0v) is 14.8. The van der Waals surface area contributed by atoms with Gasteiger partial charge in [0.1, 0.15) is 11.3 Å². The Labute approximate surface area is 148 Å². The summed E-state index contributed by atoms with van der Waals surface area (Å²) in [5.41, 5.74) is 1.20. The number of aromatic amines is 1. The minimum absolute atomic E-state index is 0.582. The van der Waals surface area contributed by atoms with E-state index in [2.05, 4.69) is 22.3 Å². The topological polar surface area (TPSA) is 71.0 Å². The molecule has 0 radical (unpaired) electrons. The Morgan fingerprint density at radius 1 is 1.04 bits per heavy atom. The summed E-state index contributed by atoms with van der Waals surface area (Å²) < 4.78 is 6.15. The number of H-pyrrole nitrogens is 1. The number of hydrogen-bond donors (Lipinski definition) is 2. The van der Waals surface area contributed by atoms with E-state index in [1.54, 1.807) is 0 Å². The fraction of sp³-hybridized carbons (Fsp3) is 0.400. The van der Waals surface area contributed by atoms with Crippen LogP contribution in [-0.4, -0.2) is 20.5 Å². The van der Waals surface area contributed by atoms with Crippen molar-refractivity contribution in [3.63, 3.8) is 0 Å². The summed E-state index contributed by atoms with van der Waals surface area (Å²) in [7, 11) is 0. The van der Waals surface area contributed by atoms with Crippen molar-refractivity contribution in [3.05, 3.63) is 48.0 Å². The fourth-order valence-corrected chi connectivity index (χ4v) is 3.13. The van der Waals surface area contributed by atoms with Gasteiger partial charge in [0.25, 0.3) is 0 Å². The van der Waals surface area contributed by atoms with Gasteiger partial charge < -0.3 is 9.84 Å². The summed E-state index contributed by atoms with van der Waals surface area (Å²) in [6.45, 7) is 4.17. The predicted molar refractivity (Wildman–Crippen MR) is 98.7 cm³/mol. The summed E-state index contributed by atoms with van der Waals surface area (Å²) in [4.78, 5) is 0. The molecular weight excluding hydrogens is 314 g/mol. The lowest BCUT2D eigenvalue weighted by Gasteiger charge is -2.29. The van der Waals surface area contributed by atoms with Crippen molar-refractivity contribution in [3.8, 4) is 11.5 Å². The van der Waals surface area contributed by atoms with E-state index in [9.17, 15) is 5.11 Å². The summed E-state index contributed by atoms with van der Waals surface area (Å²) in [6.07, 6.45) is 4.51. The van der Waals surface area contributed by atoms with Gasteiger partial charge in [-0.25, -0.2) is 0 Å². The van der Waals surface area contributed by atoms with E-state index in [4.69, 9.17) is 4.74 Å². The number of ether oxygens (including phenoxy) is 1. The van der Waals surface area contributed by atoms with Gasteiger partial charge in [0.05, 0.1) is 5.60 Å². The number of aromatic nitrogens is 3. The molecule has 2 aromatic carbocycles. The second-order valence-corrected chi connectivity index (χ2v) is 6.39. The lowest BCUT2D eigenvalue weighted by Crippen LogP contribution is -2.25. The van der Waals surface area contributed by atoms with Crippen molar-refractivity contribution in [2.45, 2.75) is 51.6 Å². The monoisotopic (exact) mass is 339 g/mol. The van der Waals surface area contributed by atoms with Crippen molar-refractivity contribution in [2.75, 3.05) is 0 Å². The molecule has 0 aliphatic rings. The highest BCUT2D eigenvalue weighted by Gasteiger charge is 2.32. The van der Waals surface area contributed by atoms with Crippen LogP contribution in [0.15, 0.2) is 42.5 Å². The van der Waals surface area contributed by atoms with Gasteiger partial charge in [-0.15, -0.1) is 0 Å². The van der Waals surface area contributed by atoms with E-state index in [1.165, 1.54) is 0 Å². The average molecular weight is 339 g/mol. The molecule has 0 aliphatic heterocycles. The number of para-hydroxylation sites is 1. The van der Waals surface area contributed by atoms with Crippen LogP contribution >= 0.6 is 0 Å². The molecule has 0 fully saturated rings. The van der Waals surface area contributed by atoms with Gasteiger partial charge in [0, 0.05) is 5.56 Å². The first-order chi connectivity index (χ1) is 12.2. The second-order valence-electron chi connectivity index (χ2n) is 6.39. The zero-order chi connectivity index (χ0) is 17.7. The molecule has 132 valence electrons. The Morgan fingerprint density at radius 2 is 1.84 bits per heavy atom. The van der Waals surface area contributed by atoms with E-state index in [1.807, 2.05) is 49.4 Å². The lowest BCUT2D eigenvalue weighted by molar-refractivity contribution is 0.0192. The van der Waals surface area contributed by atoms with E-state index in [0.717, 1.165) is 30.3 Å². The number of hydrogen-bond acceptors (Lipinski definition) is 4. The van der Waals surface area contributed by atoms with Crippen LogP contribution < -0.4 is 4.74 Å². The summed E-state index contributed by atoms with van der Waals surface area (Å²) in [6, 6.07) is 13.4. The molecule has 25 heavy (non-hydrogen) atoms. The summed E-state index contributed by atoms with van der Waals surface area (Å²) in [5, 5.41) is 22.4. The molecule has 3 aromatic rings. The number of rotatable bonds is 8. The molecule has 0 aliphatic carbocycles. The quantitative estimate of drug-likeness (QED) is 0.571. The predicted octanol–water partition coefficient (Wildman–Crippen LogP) is 4.93. The molecule has 0 bridgehead atoms. The molecule has 0 saturated heterocycles. The van der Waals surface area contributed by atoms with Gasteiger partial charge in [-0.2, -0.15) is 15.4 Å². The van der Waals surface area contributed by atoms with Crippen molar-refractivity contribution in [1.29, 1.82) is 0 Å². The Balaban J connectivity index is 2.05. The Morgan fingerprint density at radius 3 is 2.56 bits per heavy atom. The van der Waals surface area contributed by atoms with Crippen molar-refractivity contribution in [2.24, 2.45) is 0 Å². The number of nitrogens with one attached hydrogen (secondary N) is 1. The molecule has 1 atom stereocenters. The first kappa shape index (κ1) is 17.4. The average Bonchev–Trinajstić information content (AvgIpc) is 3.12. The number of nitrogens with zero attached hydrogens (tertiary/aromatic N) is 2. The maximum Gasteiger partial charge on any atom is 0.163 e. The lowest BCUT2D eigenvalue weighted by atomic mass is 9.85. The highest BCUT2D eigenvalue weighted by atomic mass is 16.5. The second kappa shape index (κ2) is 7.66. The van der Waals surface area contributed by atoms with Crippen LogP contribution in [0.3, 0.4) is 0 Å². The van der Waals surface area contributed by atoms with Gasteiger partial charge in [-0.3, -0.25) is 0 Å². The minimum Gasteiger partial charge on any atom is -0.455 e. The smallest absolute Gasteiger partial charge is 0.163 e. The third-order valence-corrected chi connectivity index (χ3v) is 4.69. The highest BCUT2D eigenvalue weighted by Crippen LogP contribution is 2.41. The van der Waals surface area contributed by atoms with Crippen LogP contribution in [-0.2, 0) is 5.60 Å². The van der Waals surface area contributed by atoms with Crippen LogP contribution in [0.25, 0.3) is 11.0 Å². The van der Waals surface area contributed by atoms with E-state index in [0.29, 0.717) is 29.9 Å². The fourth-order valence-electron chi connectivity index (χ4n) is 3.13. The number of unbranched alkanes of at least 4 members (excludes halogenated alkanes) is 2. The van der Waals surface area contributed by atoms with Crippen LogP contribution in [0.5, 0.6) is 11.5 Å². The standard InChI is InChI=1S/C20H25N3O2/c1-3-5-9-14-20(24,4-2)16-12-13-17-18(22-23-21-17)19(16)25-15-10-7-6-8-11-15/h6-8,10-13,24H,3-5,9,14H2,1-2H3,(H,21,22,23). The van der Waals surface area contributed by atoms with Crippen molar-refractivity contribution >= 4 is 11.0 Å². The zero-order valence-electron chi connectivity index (χ0n) is 14.8. The van der Waals surface area contributed by atoms with Gasteiger partial charge in [0.2, 0.25) is 0 Å². The molecule has 5 heteroatoms. The Bertz CT molecular complexity index is 816. The highest BCUT2D eigenvalue weighted by molar-refractivity contribution is 5.83. The number of fused-ring (bicyclic) bond motifs is 1. The van der Waals surface area contributed by atoms with E-state index < -0.39 is 5.60 Å². The molecule has 0 spiro atoms. The van der Waals surface area contributed by atoms with Gasteiger partial charge in [-0.05, 0) is 31.0 Å². The van der Waals surface area contributed by atoms with Crippen LogP contribution in [0.1, 0.15) is 51.5 Å². The molecule has 1 heterocycles. The molecule has 1 unspecified atom stereocenters. The first-order valence-corrected chi connectivity index (χ1v) is 8.97. The van der Waals surface area contributed by atoms with E-state index in [-0.39, 0.29) is 0 Å². The van der Waals surface area contributed by atoms with Crippen LogP contribution in [0, 0.1) is 0 Å². The molecular formula is C20H25N3O2. The third kappa shape index (κ3) is 3.66. The summed E-state index contributed by atoms with van der Waals surface area (Å²) >= 11 is 0. The Kier molecular flexibility index (Phi) is 5.34. The molecule has 2 N–H and O–H groups in total. The molecule has 5 nitrogen and oxygen atoms in total. The first-order valence-electron chi connectivity index (χ1n) is 8.97. The van der Waals surface area contributed by atoms with Gasteiger partial charge in [0.15, 0.2) is 11.3 Å². The van der Waals surface area contributed by atoms with Crippen molar-refractivity contribution < 1.29 is 9.84 Å². The van der Waals surface area contributed by atoms with E-state index >= 15 is 0 Å². The maximum atomic E-state index is 11.3. The molecule has 0 amide bonds. The van der Waals surface area contributed by atoms with Gasteiger partial charge >= 0.3 is 0 Å². The molecule has 1 aromatic heterocycles. The van der Waals surface area contributed by atoms with Crippen molar-refractivity contribution in [1.82, 2.24) is 15.4 Å². The largest absolute Gasteiger partial charge is 0.455 e. The molecule has 0 saturated carbocycles. The molecule has 3 rings (SSSR count). The minimum atomic E-state index is -0.938. The van der Waals surface area contributed by atoms with Crippen LogP contribution in [0.4, 0.5) is 0 Å². The summed E-state index contributed by atoms with van der Waals surface area (Å²) in [5.74, 6) is 1.30. The Hall–Kier alpha value is -2.40. The SMILES string of the molecule is CCCCCC(O)(CC)c1ccc2n[nH]nc2c1Oc1ccccc1. The van der Waals surface area contributed by atoms with Gasteiger partial charge in [-0.1, -0.05) is 57.4 Å². The third-order valence-electron chi connectivity index (χ3n) is 4.69. The number of benzene rings is 2. The normalized spacial score (nSPS) is 13.7. The number of aliphatic hydroxyl groups is 1.